The average molecular weight is 290 g/mol. The Labute approximate surface area is 130 Å². The maximum Gasteiger partial charge on any atom is 0.262 e. The zero-order valence-electron chi connectivity index (χ0n) is 12.7. The molecule has 0 aliphatic rings. The molecule has 2 rings (SSSR count). The molecule has 0 aromatic heterocycles. The van der Waals surface area contributed by atoms with Crippen LogP contribution < -0.4 is 5.32 Å². The van der Waals surface area contributed by atoms with Gasteiger partial charge in [-0.2, -0.15) is 5.26 Å². The van der Waals surface area contributed by atoms with Crippen LogP contribution in [0.5, 0.6) is 0 Å². The molecule has 0 unspecified atom stereocenters. The maximum atomic E-state index is 12.2. The van der Waals surface area contributed by atoms with Crippen molar-refractivity contribution in [1.29, 1.82) is 5.26 Å². The second-order valence-electron chi connectivity index (χ2n) is 5.19. The molecule has 0 heterocycles. The number of nitrogens with one attached hydrogen (secondary N) is 1. The number of hydrogen-bond donors (Lipinski definition) is 1. The molecule has 0 spiro atoms. The summed E-state index contributed by atoms with van der Waals surface area (Å²) in [6, 6.07) is 19.2. The average Bonchev–Trinajstić information content (AvgIpc) is 2.53. The van der Waals surface area contributed by atoms with Crippen LogP contribution in [0, 0.1) is 18.3 Å². The predicted molar refractivity (Wildman–Crippen MR) is 87.8 cm³/mol. The minimum atomic E-state index is -0.361. The monoisotopic (exact) mass is 290 g/mol. The SMILES string of the molecule is Cc1cccc(/C=C(/C#N)C(=O)N[C@@H](C)c2ccccc2)c1. The minimum absolute atomic E-state index is 0.105. The molecule has 0 fully saturated rings. The summed E-state index contributed by atoms with van der Waals surface area (Å²) in [5, 5.41) is 12.1. The first kappa shape index (κ1) is 15.5. The number of nitriles is 1. The van der Waals surface area contributed by atoms with Gasteiger partial charge in [-0.3, -0.25) is 4.79 Å². The first-order valence-electron chi connectivity index (χ1n) is 7.14. The quantitative estimate of drug-likeness (QED) is 0.688. The van der Waals surface area contributed by atoms with Crippen LogP contribution in [0.15, 0.2) is 60.2 Å². The van der Waals surface area contributed by atoms with E-state index in [4.69, 9.17) is 0 Å². The van der Waals surface area contributed by atoms with Gasteiger partial charge in [0.1, 0.15) is 11.6 Å². The third kappa shape index (κ3) is 4.07. The van der Waals surface area contributed by atoms with E-state index in [0.29, 0.717) is 0 Å². The Morgan fingerprint density at radius 3 is 2.55 bits per heavy atom. The number of carbonyl (C=O) groups excluding carboxylic acids is 1. The minimum Gasteiger partial charge on any atom is -0.345 e. The number of benzene rings is 2. The topological polar surface area (TPSA) is 52.9 Å². The van der Waals surface area contributed by atoms with Crippen LogP contribution >= 0.6 is 0 Å². The fourth-order valence-electron chi connectivity index (χ4n) is 2.17. The van der Waals surface area contributed by atoms with Crippen molar-refractivity contribution < 1.29 is 4.79 Å². The summed E-state index contributed by atoms with van der Waals surface area (Å²) in [6.45, 7) is 3.87. The number of rotatable bonds is 4. The molecule has 110 valence electrons. The van der Waals surface area contributed by atoms with E-state index in [-0.39, 0.29) is 17.5 Å². The summed E-state index contributed by atoms with van der Waals surface area (Å²) in [4.78, 5) is 12.2. The van der Waals surface area contributed by atoms with Gasteiger partial charge in [0.2, 0.25) is 0 Å². The molecule has 0 saturated carbocycles. The highest BCUT2D eigenvalue weighted by Crippen LogP contribution is 2.13. The van der Waals surface area contributed by atoms with Crippen molar-refractivity contribution in [1.82, 2.24) is 5.32 Å². The van der Waals surface area contributed by atoms with E-state index in [1.54, 1.807) is 6.08 Å². The van der Waals surface area contributed by atoms with E-state index in [1.165, 1.54) is 0 Å². The van der Waals surface area contributed by atoms with Gasteiger partial charge in [0.25, 0.3) is 5.91 Å². The Kier molecular flexibility index (Phi) is 5.11. The molecule has 0 bridgehead atoms. The van der Waals surface area contributed by atoms with Gasteiger partial charge in [0, 0.05) is 0 Å². The number of aryl methyl sites for hydroxylation is 1. The molecular formula is C19H18N2O. The first-order valence-corrected chi connectivity index (χ1v) is 7.14. The van der Waals surface area contributed by atoms with Gasteiger partial charge in [0.15, 0.2) is 0 Å². The largest absolute Gasteiger partial charge is 0.345 e. The van der Waals surface area contributed by atoms with Crippen LogP contribution in [0.25, 0.3) is 6.08 Å². The van der Waals surface area contributed by atoms with Gasteiger partial charge < -0.3 is 5.32 Å². The van der Waals surface area contributed by atoms with Crippen LogP contribution in [-0.2, 0) is 4.79 Å². The highest BCUT2D eigenvalue weighted by Gasteiger charge is 2.13. The molecular weight excluding hydrogens is 272 g/mol. The fourth-order valence-corrected chi connectivity index (χ4v) is 2.17. The summed E-state index contributed by atoms with van der Waals surface area (Å²) < 4.78 is 0. The third-order valence-electron chi connectivity index (χ3n) is 3.37. The van der Waals surface area contributed by atoms with Crippen molar-refractivity contribution in [3.8, 4) is 6.07 Å². The molecule has 22 heavy (non-hydrogen) atoms. The zero-order valence-corrected chi connectivity index (χ0v) is 12.7. The number of amides is 1. The van der Waals surface area contributed by atoms with E-state index < -0.39 is 0 Å². The van der Waals surface area contributed by atoms with E-state index in [9.17, 15) is 10.1 Å². The lowest BCUT2D eigenvalue weighted by atomic mass is 10.1. The molecule has 3 heteroatoms. The third-order valence-corrected chi connectivity index (χ3v) is 3.37. The number of nitrogens with zero attached hydrogens (tertiary/aromatic N) is 1. The van der Waals surface area contributed by atoms with E-state index in [0.717, 1.165) is 16.7 Å². The molecule has 2 aromatic rings. The fraction of sp³-hybridized carbons (Fsp3) is 0.158. The van der Waals surface area contributed by atoms with E-state index in [2.05, 4.69) is 5.32 Å². The van der Waals surface area contributed by atoms with Crippen molar-refractivity contribution >= 4 is 12.0 Å². The van der Waals surface area contributed by atoms with Crippen molar-refractivity contribution in [3.05, 3.63) is 76.9 Å². The second-order valence-corrected chi connectivity index (χ2v) is 5.19. The second kappa shape index (κ2) is 7.24. The van der Waals surface area contributed by atoms with E-state index in [1.807, 2.05) is 74.5 Å². The molecule has 1 amide bonds. The maximum absolute atomic E-state index is 12.2. The Bertz CT molecular complexity index is 727. The van der Waals surface area contributed by atoms with Crippen LogP contribution in [0.3, 0.4) is 0 Å². The van der Waals surface area contributed by atoms with Gasteiger partial charge in [0.05, 0.1) is 6.04 Å². The Hall–Kier alpha value is -2.86. The normalized spacial score (nSPS) is 12.3. The van der Waals surface area contributed by atoms with Crippen LogP contribution in [-0.4, -0.2) is 5.91 Å². The molecule has 2 aromatic carbocycles. The lowest BCUT2D eigenvalue weighted by Gasteiger charge is -2.13. The lowest BCUT2D eigenvalue weighted by Crippen LogP contribution is -2.27. The number of hydrogen-bond acceptors (Lipinski definition) is 2. The van der Waals surface area contributed by atoms with Crippen LogP contribution in [0.2, 0.25) is 0 Å². The molecule has 1 N–H and O–H groups in total. The summed E-state index contributed by atoms with van der Waals surface area (Å²) in [6.07, 6.45) is 1.61. The highest BCUT2D eigenvalue weighted by molar-refractivity contribution is 6.01. The van der Waals surface area contributed by atoms with Crippen molar-refractivity contribution in [2.24, 2.45) is 0 Å². The predicted octanol–water partition coefficient (Wildman–Crippen LogP) is 3.78. The molecule has 0 saturated heterocycles. The van der Waals surface area contributed by atoms with Crippen molar-refractivity contribution in [3.63, 3.8) is 0 Å². The van der Waals surface area contributed by atoms with Gasteiger partial charge in [-0.25, -0.2) is 0 Å². The molecule has 0 aliphatic carbocycles. The van der Waals surface area contributed by atoms with Gasteiger partial charge >= 0.3 is 0 Å². The highest BCUT2D eigenvalue weighted by atomic mass is 16.1. The Balaban J connectivity index is 2.14. The van der Waals surface area contributed by atoms with Gasteiger partial charge in [-0.05, 0) is 31.1 Å². The number of carbonyl (C=O) groups is 1. The zero-order chi connectivity index (χ0) is 15.9. The van der Waals surface area contributed by atoms with Crippen LogP contribution in [0.1, 0.15) is 29.7 Å². The van der Waals surface area contributed by atoms with Crippen LogP contribution in [0.4, 0.5) is 0 Å². The Morgan fingerprint density at radius 2 is 1.91 bits per heavy atom. The van der Waals surface area contributed by atoms with Crippen molar-refractivity contribution in [2.75, 3.05) is 0 Å². The molecule has 3 nitrogen and oxygen atoms in total. The molecule has 0 aliphatic heterocycles. The van der Waals surface area contributed by atoms with Gasteiger partial charge in [-0.1, -0.05) is 60.2 Å². The van der Waals surface area contributed by atoms with E-state index >= 15 is 0 Å². The van der Waals surface area contributed by atoms with Gasteiger partial charge in [-0.15, -0.1) is 0 Å². The molecule has 1 atom stereocenters. The summed E-state index contributed by atoms with van der Waals surface area (Å²) in [5.74, 6) is -0.361. The Morgan fingerprint density at radius 1 is 1.18 bits per heavy atom. The summed E-state index contributed by atoms with van der Waals surface area (Å²) in [7, 11) is 0. The summed E-state index contributed by atoms with van der Waals surface area (Å²) in [5.41, 5.74) is 3.04. The lowest BCUT2D eigenvalue weighted by molar-refractivity contribution is -0.117. The molecule has 0 radical (unpaired) electrons. The first-order chi connectivity index (χ1) is 10.6. The van der Waals surface area contributed by atoms with Crippen molar-refractivity contribution in [2.45, 2.75) is 19.9 Å². The standard InChI is InChI=1S/C19H18N2O/c1-14-7-6-8-16(11-14)12-18(13-20)19(22)21-15(2)17-9-4-3-5-10-17/h3-12,15H,1-2H3,(H,21,22)/b18-12-/t15-/m0/s1. The summed E-state index contributed by atoms with van der Waals surface area (Å²) >= 11 is 0. The smallest absolute Gasteiger partial charge is 0.262 e.